The number of carbonyl (C=O) groups excluding carboxylic acids is 1. The molecule has 0 aliphatic rings. The fraction of sp³-hybridized carbons (Fsp3) is 0.143. The van der Waals surface area contributed by atoms with Crippen molar-refractivity contribution in [1.82, 2.24) is 4.98 Å². The van der Waals surface area contributed by atoms with E-state index in [4.69, 9.17) is 0 Å². The Hall–Kier alpha value is -3.12. The van der Waals surface area contributed by atoms with Crippen molar-refractivity contribution < 1.29 is 4.79 Å². The third-order valence-corrected chi connectivity index (χ3v) is 4.17. The van der Waals surface area contributed by atoms with Crippen LogP contribution >= 0.6 is 0 Å². The second-order valence-electron chi connectivity index (χ2n) is 5.79. The van der Waals surface area contributed by atoms with E-state index in [0.717, 1.165) is 28.5 Å². The minimum atomic E-state index is 0.0171. The van der Waals surface area contributed by atoms with Crippen molar-refractivity contribution in [3.05, 3.63) is 70.9 Å². The molecule has 2 aromatic carbocycles. The second-order valence-corrected chi connectivity index (χ2v) is 5.79. The summed E-state index contributed by atoms with van der Waals surface area (Å²) in [5.41, 5.74) is 5.21. The highest BCUT2D eigenvalue weighted by Gasteiger charge is 2.09. The van der Waals surface area contributed by atoms with Crippen molar-refractivity contribution in [3.63, 3.8) is 0 Å². The molecule has 3 heteroatoms. The zero-order chi connectivity index (χ0) is 17.1. The Labute approximate surface area is 141 Å². The summed E-state index contributed by atoms with van der Waals surface area (Å²) in [4.78, 5) is 14.8. The van der Waals surface area contributed by atoms with Crippen LogP contribution in [0.4, 0.5) is 0 Å². The number of rotatable bonds is 4. The first-order valence-corrected chi connectivity index (χ1v) is 7.95. The summed E-state index contributed by atoms with van der Waals surface area (Å²) in [6, 6.07) is 15.9. The summed E-state index contributed by atoms with van der Waals surface area (Å²) < 4.78 is 0. The molecule has 1 N–H and O–H groups in total. The number of fused-ring (bicyclic) bond motifs is 1. The van der Waals surface area contributed by atoms with Crippen LogP contribution in [0.5, 0.6) is 0 Å². The lowest BCUT2D eigenvalue weighted by atomic mass is 10.00. The van der Waals surface area contributed by atoms with Gasteiger partial charge in [0.1, 0.15) is 0 Å². The molecule has 1 heterocycles. The summed E-state index contributed by atoms with van der Waals surface area (Å²) in [5.74, 6) is 0.0171. The molecule has 3 rings (SSSR count). The summed E-state index contributed by atoms with van der Waals surface area (Å²) >= 11 is 0. The van der Waals surface area contributed by atoms with Crippen molar-refractivity contribution >= 4 is 28.3 Å². The third kappa shape index (κ3) is 3.00. The van der Waals surface area contributed by atoms with Crippen LogP contribution in [0, 0.1) is 11.3 Å². The molecule has 0 atom stereocenters. The second kappa shape index (κ2) is 6.55. The highest BCUT2D eigenvalue weighted by atomic mass is 16.1. The van der Waals surface area contributed by atoms with Gasteiger partial charge in [0.15, 0.2) is 5.78 Å². The van der Waals surface area contributed by atoms with Gasteiger partial charge < -0.3 is 4.98 Å². The van der Waals surface area contributed by atoms with Crippen molar-refractivity contribution in [1.29, 1.82) is 5.26 Å². The zero-order valence-electron chi connectivity index (χ0n) is 13.8. The van der Waals surface area contributed by atoms with E-state index >= 15 is 0 Å². The van der Waals surface area contributed by atoms with E-state index in [-0.39, 0.29) is 5.78 Å². The van der Waals surface area contributed by atoms with Crippen LogP contribution in [-0.2, 0) is 6.42 Å². The summed E-state index contributed by atoms with van der Waals surface area (Å²) in [6.07, 6.45) is 4.65. The molecule has 0 aliphatic carbocycles. The predicted octanol–water partition coefficient (Wildman–Crippen LogP) is 5.00. The van der Waals surface area contributed by atoms with Crippen molar-refractivity contribution in [2.75, 3.05) is 0 Å². The number of allylic oxidation sites excluding steroid dienone is 1. The molecule has 0 radical (unpaired) electrons. The van der Waals surface area contributed by atoms with Gasteiger partial charge in [-0.15, -0.1) is 0 Å². The molecule has 3 nitrogen and oxygen atoms in total. The lowest BCUT2D eigenvalue weighted by Gasteiger charge is -2.02. The lowest BCUT2D eigenvalue weighted by molar-refractivity contribution is 0.101. The lowest BCUT2D eigenvalue weighted by Crippen LogP contribution is -1.91. The quantitative estimate of drug-likeness (QED) is 0.544. The van der Waals surface area contributed by atoms with E-state index in [1.165, 1.54) is 5.56 Å². The van der Waals surface area contributed by atoms with Crippen LogP contribution in [0.1, 0.15) is 40.9 Å². The number of nitrogens with zero attached hydrogens (tertiary/aromatic N) is 1. The van der Waals surface area contributed by atoms with Crippen molar-refractivity contribution in [2.24, 2.45) is 0 Å². The Bertz CT molecular complexity index is 986. The van der Waals surface area contributed by atoms with E-state index in [1.807, 2.05) is 36.5 Å². The molecule has 0 fully saturated rings. The SMILES string of the molecule is CCc1ccc2[nH]cc(C(C#N)=Cc3cccc(C(C)=O)c3)c2c1. The number of ketones is 1. The van der Waals surface area contributed by atoms with E-state index < -0.39 is 0 Å². The van der Waals surface area contributed by atoms with Gasteiger partial charge in [-0.3, -0.25) is 4.79 Å². The topological polar surface area (TPSA) is 56.6 Å². The minimum absolute atomic E-state index is 0.0171. The number of carbonyl (C=O) groups is 1. The number of Topliss-reactive ketones (excluding diaryl/α,β-unsaturated/α-hetero) is 1. The maximum atomic E-state index is 11.5. The standard InChI is InChI=1S/C21H18N2O/c1-3-15-7-8-21-19(11-15)20(13-23-21)18(12-22)10-16-5-4-6-17(9-16)14(2)24/h4-11,13,23H,3H2,1-2H3. The minimum Gasteiger partial charge on any atom is -0.361 e. The Balaban J connectivity index is 2.11. The van der Waals surface area contributed by atoms with Gasteiger partial charge in [0.25, 0.3) is 0 Å². The molecule has 0 amide bonds. The first-order valence-electron chi connectivity index (χ1n) is 7.95. The fourth-order valence-corrected chi connectivity index (χ4v) is 2.79. The molecular weight excluding hydrogens is 296 g/mol. The maximum absolute atomic E-state index is 11.5. The van der Waals surface area contributed by atoms with E-state index in [9.17, 15) is 10.1 Å². The van der Waals surface area contributed by atoms with Crippen molar-refractivity contribution in [2.45, 2.75) is 20.3 Å². The van der Waals surface area contributed by atoms with Crippen LogP contribution < -0.4 is 0 Å². The number of hydrogen-bond acceptors (Lipinski definition) is 2. The number of nitrogens with one attached hydrogen (secondary N) is 1. The summed E-state index contributed by atoms with van der Waals surface area (Å²) in [5, 5.41) is 10.7. The van der Waals surface area contributed by atoms with Crippen LogP contribution in [0.3, 0.4) is 0 Å². The molecule has 0 bridgehead atoms. The van der Waals surface area contributed by atoms with Gasteiger partial charge in [-0.2, -0.15) is 5.26 Å². The van der Waals surface area contributed by atoms with E-state index in [0.29, 0.717) is 11.1 Å². The van der Waals surface area contributed by atoms with Gasteiger partial charge in [0.2, 0.25) is 0 Å². The van der Waals surface area contributed by atoms with Crippen LogP contribution in [0.2, 0.25) is 0 Å². The molecule has 0 spiro atoms. The summed E-state index contributed by atoms with van der Waals surface area (Å²) in [6.45, 7) is 3.65. The van der Waals surface area contributed by atoms with Gasteiger partial charge in [-0.05, 0) is 48.7 Å². The maximum Gasteiger partial charge on any atom is 0.159 e. The zero-order valence-corrected chi connectivity index (χ0v) is 13.8. The number of hydrogen-bond donors (Lipinski definition) is 1. The predicted molar refractivity (Wildman–Crippen MR) is 97.6 cm³/mol. The highest BCUT2D eigenvalue weighted by molar-refractivity contribution is 6.02. The molecule has 3 aromatic rings. The molecule has 1 aromatic heterocycles. The number of aryl methyl sites for hydroxylation is 1. The van der Waals surface area contributed by atoms with Gasteiger partial charge in [0, 0.05) is 28.2 Å². The van der Waals surface area contributed by atoms with E-state index in [2.05, 4.69) is 30.1 Å². The molecule has 0 saturated heterocycles. The largest absolute Gasteiger partial charge is 0.361 e. The highest BCUT2D eigenvalue weighted by Crippen LogP contribution is 2.27. The molecule has 118 valence electrons. The number of nitriles is 1. The Kier molecular flexibility index (Phi) is 4.31. The van der Waals surface area contributed by atoms with Gasteiger partial charge in [-0.25, -0.2) is 0 Å². The van der Waals surface area contributed by atoms with Gasteiger partial charge >= 0.3 is 0 Å². The number of aromatic amines is 1. The Morgan fingerprint density at radius 2 is 2.08 bits per heavy atom. The third-order valence-electron chi connectivity index (χ3n) is 4.17. The molecule has 0 aliphatic heterocycles. The van der Waals surface area contributed by atoms with E-state index in [1.54, 1.807) is 13.0 Å². The van der Waals surface area contributed by atoms with Crippen LogP contribution in [0.15, 0.2) is 48.7 Å². The smallest absolute Gasteiger partial charge is 0.159 e. The normalized spacial score (nSPS) is 11.5. The van der Waals surface area contributed by atoms with Crippen molar-refractivity contribution in [3.8, 4) is 6.07 Å². The molecular formula is C21H18N2O. The van der Waals surface area contributed by atoms with Crippen LogP contribution in [-0.4, -0.2) is 10.8 Å². The number of aromatic nitrogens is 1. The summed E-state index contributed by atoms with van der Waals surface area (Å²) in [7, 11) is 0. The Morgan fingerprint density at radius 1 is 1.25 bits per heavy atom. The molecule has 0 unspecified atom stereocenters. The Morgan fingerprint density at radius 3 is 2.79 bits per heavy atom. The average molecular weight is 314 g/mol. The average Bonchev–Trinajstić information content (AvgIpc) is 3.02. The first kappa shape index (κ1) is 15.8. The van der Waals surface area contributed by atoms with Gasteiger partial charge in [0.05, 0.1) is 11.6 Å². The molecule has 0 saturated carbocycles. The number of H-pyrrole nitrogens is 1. The van der Waals surface area contributed by atoms with Gasteiger partial charge in [-0.1, -0.05) is 31.2 Å². The molecule has 24 heavy (non-hydrogen) atoms. The first-order chi connectivity index (χ1) is 11.6. The fourth-order valence-electron chi connectivity index (χ4n) is 2.79. The monoisotopic (exact) mass is 314 g/mol. The van der Waals surface area contributed by atoms with Crippen LogP contribution in [0.25, 0.3) is 22.6 Å². The number of benzene rings is 2.